The average molecular weight is 482 g/mol. The van der Waals surface area contributed by atoms with E-state index in [1.165, 1.54) is 6.92 Å². The van der Waals surface area contributed by atoms with E-state index in [9.17, 15) is 29.0 Å². The number of hydrogen-bond acceptors (Lipinski definition) is 9. The van der Waals surface area contributed by atoms with Crippen LogP contribution >= 0.6 is 27.9 Å². The third kappa shape index (κ3) is 4.59. The molecule has 0 amide bonds. The predicted octanol–water partition coefficient (Wildman–Crippen LogP) is -2.37. The number of aryl methyl sites for hydroxylation is 1. The number of alkyl halides is 1. The maximum Gasteiger partial charge on any atom is 0.480 e. The Morgan fingerprint density at radius 1 is 1.33 bits per heavy atom. The number of rotatable bonds is 6. The highest BCUT2D eigenvalue weighted by Crippen LogP contribution is 2.61. The van der Waals surface area contributed by atoms with Gasteiger partial charge in [0.25, 0.3) is 5.85 Å². The number of aromatic amines is 1. The van der Waals surface area contributed by atoms with Gasteiger partial charge in [0.2, 0.25) is 0 Å². The van der Waals surface area contributed by atoms with Crippen molar-refractivity contribution in [3.8, 4) is 0 Å². The van der Waals surface area contributed by atoms with Gasteiger partial charge in [-0.05, 0) is 6.92 Å². The highest BCUT2D eigenvalue weighted by Gasteiger charge is 2.68. The second-order valence-electron chi connectivity index (χ2n) is 6.26. The molecule has 1 aromatic rings. The normalized spacial score (nSPS) is 32.1. The van der Waals surface area contributed by atoms with E-state index < -0.39 is 50.4 Å². The van der Waals surface area contributed by atoms with Gasteiger partial charge in [-0.15, -0.1) is 0 Å². The maximum absolute atomic E-state index is 15.5. The highest BCUT2D eigenvalue weighted by atomic mass is 32.1. The van der Waals surface area contributed by atoms with Crippen LogP contribution in [-0.2, 0) is 28.3 Å². The summed E-state index contributed by atoms with van der Waals surface area (Å²) < 4.78 is 50.4. The molecule has 2 heterocycles. The van der Waals surface area contributed by atoms with E-state index in [-0.39, 0.29) is 10.2 Å². The molecule has 20 heteroatoms. The molecule has 6 radical (unpaired) electrons. The molecule has 2 rings (SSSR count). The van der Waals surface area contributed by atoms with E-state index in [0.29, 0.717) is 4.57 Å². The number of aromatic nitrogens is 2. The lowest BCUT2D eigenvalue weighted by Crippen LogP contribution is -2.60. The van der Waals surface area contributed by atoms with Gasteiger partial charge in [-0.3, -0.25) is 14.1 Å². The number of aliphatic hydroxyl groups is 2. The Hall–Kier alpha value is -0.635. The molecule has 1 fully saturated rings. The van der Waals surface area contributed by atoms with E-state index in [2.05, 4.69) is 13.8 Å². The Labute approximate surface area is 176 Å². The third-order valence-corrected chi connectivity index (χ3v) is 6.55. The number of hydrogen-bond donors (Lipinski definition) is 6. The zero-order valence-electron chi connectivity index (χ0n) is 14.8. The first-order valence-corrected chi connectivity index (χ1v) is 10.9. The number of halogens is 1. The summed E-state index contributed by atoms with van der Waals surface area (Å²) >= 11 is 4.84. The van der Waals surface area contributed by atoms with Gasteiger partial charge in [-0.1, -0.05) is 12.2 Å². The largest absolute Gasteiger partial charge is 0.480 e. The monoisotopic (exact) mass is 482 g/mol. The molecule has 0 bridgehead atoms. The van der Waals surface area contributed by atoms with Crippen LogP contribution in [0.3, 0.4) is 0 Å². The van der Waals surface area contributed by atoms with Crippen LogP contribution in [0.1, 0.15) is 5.56 Å². The fourth-order valence-electron chi connectivity index (χ4n) is 2.52. The molecule has 5 atom stereocenters. The topological polar surface area (TPSA) is 201 Å². The molecular formula is C10H12B3FN2O11P2S. The lowest BCUT2D eigenvalue weighted by molar-refractivity contribution is -0.239. The van der Waals surface area contributed by atoms with Crippen LogP contribution in [0.5, 0.6) is 0 Å². The summed E-state index contributed by atoms with van der Waals surface area (Å²) in [6.07, 6.45) is -4.37. The number of aliphatic hydroxyl groups excluding tert-OH is 2. The fraction of sp³-hybridized carbons (Fsp3) is 0.600. The van der Waals surface area contributed by atoms with E-state index in [1.54, 1.807) is 0 Å². The Kier molecular flexibility index (Phi) is 6.62. The summed E-state index contributed by atoms with van der Waals surface area (Å²) in [4.78, 5) is 40.9. The molecule has 0 aromatic carbocycles. The number of ether oxygens (including phenoxy) is 1. The summed E-state index contributed by atoms with van der Waals surface area (Å²) in [6.45, 7) is 1.40. The molecule has 1 saturated heterocycles. The van der Waals surface area contributed by atoms with Crippen LogP contribution in [0.25, 0.3) is 0 Å². The van der Waals surface area contributed by atoms with Crippen molar-refractivity contribution >= 4 is 51.4 Å². The van der Waals surface area contributed by atoms with E-state index >= 15 is 4.39 Å². The van der Waals surface area contributed by atoms with Gasteiger partial charge in [0.15, 0.2) is 0 Å². The summed E-state index contributed by atoms with van der Waals surface area (Å²) in [6, 6.07) is 0. The van der Waals surface area contributed by atoms with Gasteiger partial charge in [0, 0.05) is 11.8 Å². The number of nitrogens with one attached hydrogen (secondary N) is 1. The molecular weight excluding hydrogens is 470 g/mol. The number of H-pyrrole nitrogens is 1. The van der Waals surface area contributed by atoms with Gasteiger partial charge in [-0.25, -0.2) is 18.3 Å². The van der Waals surface area contributed by atoms with E-state index in [0.717, 1.165) is 6.20 Å². The van der Waals surface area contributed by atoms with Crippen LogP contribution in [0.15, 0.2) is 11.0 Å². The lowest BCUT2D eigenvalue weighted by atomic mass is 9.59. The van der Waals surface area contributed by atoms with Gasteiger partial charge in [0.05, 0.1) is 5.40 Å². The lowest BCUT2D eigenvalue weighted by Gasteiger charge is -2.41. The first kappa shape index (κ1) is 25.6. The second-order valence-corrected chi connectivity index (χ2v) is 9.42. The van der Waals surface area contributed by atoms with Crippen molar-refractivity contribution in [2.75, 3.05) is 0 Å². The molecule has 0 spiro atoms. The predicted molar refractivity (Wildman–Crippen MR) is 99.6 cm³/mol. The minimum Gasteiger partial charge on any atom is -0.386 e. The number of phosphoric ester groups is 1. The fourth-order valence-corrected chi connectivity index (χ4v) is 4.38. The van der Waals surface area contributed by atoms with Crippen LogP contribution < -0.4 is 5.69 Å². The van der Waals surface area contributed by atoms with Crippen molar-refractivity contribution < 1.29 is 52.0 Å². The van der Waals surface area contributed by atoms with E-state index in [1.807, 2.05) is 0 Å². The highest BCUT2D eigenvalue weighted by molar-refractivity contribution is 7.71. The maximum atomic E-state index is 15.5. The quantitative estimate of drug-likeness (QED) is 0.143. The Balaban J connectivity index is 2.51. The van der Waals surface area contributed by atoms with Crippen molar-refractivity contribution in [1.82, 2.24) is 9.55 Å². The number of nitrogens with zero attached hydrogens (tertiary/aromatic N) is 1. The molecule has 1 aliphatic heterocycles. The SMILES string of the molecule is [B]C([B])(OP(=O)(O)OP(=O)(O)O)[C@@]1(F)O[C@@]([B])(n2cc(C)c(=S)[nH]c2=O)[C@H](O)[C@@H]1O. The smallest absolute Gasteiger partial charge is 0.386 e. The molecule has 30 heavy (non-hydrogen) atoms. The van der Waals surface area contributed by atoms with E-state index in [4.69, 9.17) is 50.3 Å². The van der Waals surface area contributed by atoms with Gasteiger partial charge in [-0.2, -0.15) is 4.31 Å². The minimum atomic E-state index is -5.87. The molecule has 0 aliphatic carbocycles. The standard InChI is InChI=1S/C10H12B3FN2O11P2S/c1-3-2-16(7(19)15-6(3)30)9(11)5(18)4(17)8(14,25-9)10(12,13)26-29(23,24)27-28(20,21)22/h2,4-5,17-18H,1H3,(H,23,24)(H,15,19,30)(H2,20,21,22)/t4-,5+,8-,9-/m0/s1. The van der Waals surface area contributed by atoms with Crippen LogP contribution in [0.2, 0.25) is 0 Å². The third-order valence-electron chi connectivity index (χ3n) is 3.92. The summed E-state index contributed by atoms with van der Waals surface area (Å²) in [5.41, 5.74) is -3.83. The second kappa shape index (κ2) is 7.75. The van der Waals surface area contributed by atoms with Crippen molar-refractivity contribution in [3.63, 3.8) is 0 Å². The zero-order chi connectivity index (χ0) is 23.5. The van der Waals surface area contributed by atoms with Crippen molar-refractivity contribution in [3.05, 3.63) is 26.9 Å². The number of phosphoric acid groups is 2. The first-order chi connectivity index (χ1) is 13.3. The minimum absolute atomic E-state index is 0.0365. The Bertz CT molecular complexity index is 1060. The van der Waals surface area contributed by atoms with Gasteiger partial charge in [0.1, 0.15) is 46.0 Å². The van der Waals surface area contributed by atoms with Crippen LogP contribution in [0.4, 0.5) is 4.39 Å². The van der Waals surface area contributed by atoms with Crippen molar-refractivity contribution in [2.24, 2.45) is 0 Å². The molecule has 6 N–H and O–H groups in total. The Morgan fingerprint density at radius 3 is 2.37 bits per heavy atom. The van der Waals surface area contributed by atoms with Gasteiger partial charge >= 0.3 is 21.3 Å². The van der Waals surface area contributed by atoms with Crippen molar-refractivity contribution in [1.29, 1.82) is 0 Å². The molecule has 13 nitrogen and oxygen atoms in total. The molecule has 1 aliphatic rings. The average Bonchev–Trinajstić information content (AvgIpc) is 2.70. The van der Waals surface area contributed by atoms with Crippen molar-refractivity contribution in [2.45, 2.75) is 36.0 Å². The molecule has 0 saturated carbocycles. The van der Waals surface area contributed by atoms with Crippen LogP contribution in [0, 0.1) is 11.6 Å². The summed E-state index contributed by atoms with van der Waals surface area (Å²) in [5.74, 6) is -4.03. The molecule has 1 unspecified atom stereocenters. The van der Waals surface area contributed by atoms with Gasteiger partial charge < -0.3 is 29.6 Å². The molecule has 1 aromatic heterocycles. The summed E-state index contributed by atoms with van der Waals surface area (Å²) in [7, 11) is 4.75. The molecule has 160 valence electrons. The zero-order valence-corrected chi connectivity index (χ0v) is 17.4. The first-order valence-electron chi connectivity index (χ1n) is 7.51. The summed E-state index contributed by atoms with van der Waals surface area (Å²) in [5, 5.41) is 16.6. The Morgan fingerprint density at radius 2 is 1.87 bits per heavy atom. The van der Waals surface area contributed by atoms with Crippen LogP contribution in [-0.4, -0.2) is 81.4 Å².